The molecule has 1 aromatic heterocycles. The van der Waals surface area contributed by atoms with Crippen LogP contribution in [-0.4, -0.2) is 29.2 Å². The van der Waals surface area contributed by atoms with Gasteiger partial charge in [-0.2, -0.15) is 5.10 Å². The van der Waals surface area contributed by atoms with Crippen LogP contribution in [0, 0.1) is 0 Å². The van der Waals surface area contributed by atoms with Gasteiger partial charge in [-0.15, -0.1) is 0 Å². The van der Waals surface area contributed by atoms with Crippen LogP contribution in [0.3, 0.4) is 0 Å². The van der Waals surface area contributed by atoms with E-state index >= 15 is 0 Å². The second kappa shape index (κ2) is 5.39. The minimum absolute atomic E-state index is 0.0502. The first-order chi connectivity index (χ1) is 6.77. The first kappa shape index (κ1) is 10.7. The molecular weight excluding hydrogens is 180 g/mol. The molecule has 1 amide bonds. The van der Waals surface area contributed by atoms with Crippen molar-refractivity contribution in [3.8, 4) is 0 Å². The molecule has 5 heteroatoms. The van der Waals surface area contributed by atoms with Gasteiger partial charge in [0, 0.05) is 5.56 Å². The van der Waals surface area contributed by atoms with Crippen molar-refractivity contribution in [2.75, 3.05) is 18.4 Å². The predicted molar refractivity (Wildman–Crippen MR) is 55.1 cm³/mol. The van der Waals surface area contributed by atoms with Crippen LogP contribution >= 0.6 is 0 Å². The van der Waals surface area contributed by atoms with Crippen LogP contribution in [-0.2, 0) is 11.2 Å². The molecule has 0 unspecified atom stereocenters. The molecule has 14 heavy (non-hydrogen) atoms. The lowest BCUT2D eigenvalue weighted by molar-refractivity contribution is -0.115. The fourth-order valence-corrected chi connectivity index (χ4v) is 1.11. The van der Waals surface area contributed by atoms with Crippen LogP contribution in [0.25, 0.3) is 0 Å². The van der Waals surface area contributed by atoms with Gasteiger partial charge < -0.3 is 10.6 Å². The number of nitrogens with one attached hydrogen (secondary N) is 3. The van der Waals surface area contributed by atoms with E-state index in [9.17, 15) is 4.79 Å². The molecule has 0 aliphatic rings. The van der Waals surface area contributed by atoms with Crippen molar-refractivity contribution in [3.05, 3.63) is 11.8 Å². The number of hydrogen-bond acceptors (Lipinski definition) is 3. The van der Waals surface area contributed by atoms with E-state index in [2.05, 4.69) is 20.8 Å². The Morgan fingerprint density at radius 1 is 1.57 bits per heavy atom. The molecule has 1 heterocycles. The lowest BCUT2D eigenvalue weighted by atomic mass is 10.2. The molecule has 0 spiro atoms. The second-order valence-corrected chi connectivity index (χ2v) is 2.95. The lowest BCUT2D eigenvalue weighted by Gasteiger charge is -2.04. The standard InChI is InChI=1S/C9H16N4O/c1-3-7-5-11-13-9(7)12-8(14)6-10-4-2/h5,10H,3-4,6H2,1-2H3,(H2,11,12,13,14). The summed E-state index contributed by atoms with van der Waals surface area (Å²) in [4.78, 5) is 11.3. The van der Waals surface area contributed by atoms with Gasteiger partial charge in [0.2, 0.25) is 5.91 Å². The topological polar surface area (TPSA) is 69.8 Å². The van der Waals surface area contributed by atoms with Crippen molar-refractivity contribution in [3.63, 3.8) is 0 Å². The molecule has 0 saturated carbocycles. The molecule has 0 bridgehead atoms. The zero-order chi connectivity index (χ0) is 10.4. The maximum absolute atomic E-state index is 11.3. The third kappa shape index (κ3) is 2.85. The SMILES string of the molecule is CCNCC(=O)Nc1[nH]ncc1CC. The molecule has 0 radical (unpaired) electrons. The summed E-state index contributed by atoms with van der Waals surface area (Å²) in [6.07, 6.45) is 2.58. The number of aryl methyl sites for hydroxylation is 1. The monoisotopic (exact) mass is 196 g/mol. The van der Waals surface area contributed by atoms with Gasteiger partial charge in [0.1, 0.15) is 5.82 Å². The normalized spacial score (nSPS) is 10.1. The van der Waals surface area contributed by atoms with Crippen molar-refractivity contribution in [1.82, 2.24) is 15.5 Å². The summed E-state index contributed by atoms with van der Waals surface area (Å²) in [5.74, 6) is 0.654. The molecule has 0 aliphatic carbocycles. The average Bonchev–Trinajstić information content (AvgIpc) is 2.62. The number of anilines is 1. The van der Waals surface area contributed by atoms with Gasteiger partial charge in [-0.1, -0.05) is 13.8 Å². The molecule has 3 N–H and O–H groups in total. The van der Waals surface area contributed by atoms with Crippen LogP contribution in [0.1, 0.15) is 19.4 Å². The van der Waals surface area contributed by atoms with Crippen molar-refractivity contribution in [2.24, 2.45) is 0 Å². The van der Waals surface area contributed by atoms with Crippen molar-refractivity contribution in [2.45, 2.75) is 20.3 Å². The number of likely N-dealkylation sites (N-methyl/N-ethyl adjacent to an activating group) is 1. The van der Waals surface area contributed by atoms with Crippen LogP contribution in [0.2, 0.25) is 0 Å². The van der Waals surface area contributed by atoms with Crippen LogP contribution in [0.5, 0.6) is 0 Å². The van der Waals surface area contributed by atoms with Gasteiger partial charge in [0.05, 0.1) is 12.7 Å². The second-order valence-electron chi connectivity index (χ2n) is 2.95. The molecule has 1 rings (SSSR count). The van der Waals surface area contributed by atoms with Crippen LogP contribution in [0.15, 0.2) is 6.20 Å². The van der Waals surface area contributed by atoms with Crippen molar-refractivity contribution in [1.29, 1.82) is 0 Å². The Hall–Kier alpha value is -1.36. The van der Waals surface area contributed by atoms with E-state index in [4.69, 9.17) is 0 Å². The zero-order valence-electron chi connectivity index (χ0n) is 8.55. The summed E-state index contributed by atoms with van der Waals surface area (Å²) < 4.78 is 0. The summed E-state index contributed by atoms with van der Waals surface area (Å²) in [5.41, 5.74) is 1.02. The largest absolute Gasteiger partial charge is 0.310 e. The third-order valence-electron chi connectivity index (χ3n) is 1.90. The highest BCUT2D eigenvalue weighted by Crippen LogP contribution is 2.10. The molecule has 0 aliphatic heterocycles. The third-order valence-corrected chi connectivity index (χ3v) is 1.90. The number of aromatic nitrogens is 2. The number of rotatable bonds is 5. The Morgan fingerprint density at radius 3 is 3.00 bits per heavy atom. The van der Waals surface area contributed by atoms with Crippen LogP contribution in [0.4, 0.5) is 5.82 Å². The van der Waals surface area contributed by atoms with Crippen molar-refractivity contribution < 1.29 is 4.79 Å². The summed E-state index contributed by atoms with van der Waals surface area (Å²) in [7, 11) is 0. The first-order valence-electron chi connectivity index (χ1n) is 4.80. The van der Waals surface area contributed by atoms with E-state index in [1.54, 1.807) is 6.20 Å². The highest BCUT2D eigenvalue weighted by Gasteiger charge is 2.06. The number of nitrogens with zero attached hydrogens (tertiary/aromatic N) is 1. The average molecular weight is 196 g/mol. The van der Waals surface area contributed by atoms with Gasteiger partial charge in [-0.05, 0) is 13.0 Å². The van der Waals surface area contributed by atoms with E-state index < -0.39 is 0 Å². The highest BCUT2D eigenvalue weighted by atomic mass is 16.2. The van der Waals surface area contributed by atoms with Gasteiger partial charge in [-0.25, -0.2) is 0 Å². The van der Waals surface area contributed by atoms with E-state index in [0.717, 1.165) is 18.5 Å². The number of hydrogen-bond donors (Lipinski definition) is 3. The summed E-state index contributed by atoms with van der Waals surface area (Å²) in [5, 5.41) is 12.3. The molecule has 5 nitrogen and oxygen atoms in total. The number of carbonyl (C=O) groups excluding carboxylic acids is 1. The fourth-order valence-electron chi connectivity index (χ4n) is 1.11. The van der Waals surface area contributed by atoms with Gasteiger partial charge >= 0.3 is 0 Å². The number of H-pyrrole nitrogens is 1. The fraction of sp³-hybridized carbons (Fsp3) is 0.556. The molecular formula is C9H16N4O. The van der Waals surface area contributed by atoms with Gasteiger partial charge in [0.25, 0.3) is 0 Å². The number of amides is 1. The van der Waals surface area contributed by atoms with E-state index in [-0.39, 0.29) is 5.91 Å². The maximum atomic E-state index is 11.3. The Kier molecular flexibility index (Phi) is 4.12. The first-order valence-corrected chi connectivity index (χ1v) is 4.80. The minimum atomic E-state index is -0.0502. The van der Waals surface area contributed by atoms with E-state index in [0.29, 0.717) is 12.4 Å². The maximum Gasteiger partial charge on any atom is 0.239 e. The van der Waals surface area contributed by atoms with Gasteiger partial charge in [-0.3, -0.25) is 9.89 Å². The Morgan fingerprint density at radius 2 is 2.36 bits per heavy atom. The Labute approximate surface area is 83.3 Å². The summed E-state index contributed by atoms with van der Waals surface area (Å²) >= 11 is 0. The molecule has 0 fully saturated rings. The summed E-state index contributed by atoms with van der Waals surface area (Å²) in [6, 6.07) is 0. The minimum Gasteiger partial charge on any atom is -0.310 e. The zero-order valence-corrected chi connectivity index (χ0v) is 8.55. The van der Waals surface area contributed by atoms with Crippen molar-refractivity contribution >= 4 is 11.7 Å². The number of carbonyl (C=O) groups is 1. The molecule has 0 saturated heterocycles. The molecule has 0 atom stereocenters. The Bertz CT molecular complexity index is 295. The molecule has 0 aromatic carbocycles. The van der Waals surface area contributed by atoms with E-state index in [1.165, 1.54) is 0 Å². The quantitative estimate of drug-likeness (QED) is 0.643. The smallest absolute Gasteiger partial charge is 0.239 e. The van der Waals surface area contributed by atoms with E-state index in [1.807, 2.05) is 13.8 Å². The predicted octanol–water partition coefficient (Wildman–Crippen LogP) is 0.520. The Balaban J connectivity index is 2.47. The highest BCUT2D eigenvalue weighted by molar-refractivity contribution is 5.91. The van der Waals surface area contributed by atoms with Gasteiger partial charge in [0.15, 0.2) is 0 Å². The lowest BCUT2D eigenvalue weighted by Crippen LogP contribution is -2.28. The summed E-state index contributed by atoms with van der Waals surface area (Å²) in [6.45, 7) is 5.10. The molecule has 1 aromatic rings. The number of aromatic amines is 1. The molecule has 78 valence electrons. The van der Waals surface area contributed by atoms with Crippen LogP contribution < -0.4 is 10.6 Å².